The van der Waals surface area contributed by atoms with Crippen LogP contribution in [0.4, 0.5) is 10.6 Å². The maximum Gasteiger partial charge on any atom is 0.315 e. The Morgan fingerprint density at radius 2 is 2.10 bits per heavy atom. The minimum atomic E-state index is -0.0727. The second-order valence-electron chi connectivity index (χ2n) is 5.72. The molecule has 3 rings (SSSR count). The van der Waals surface area contributed by atoms with Crippen molar-refractivity contribution in [2.75, 3.05) is 24.5 Å². The van der Waals surface area contributed by atoms with Gasteiger partial charge < -0.3 is 15.5 Å². The fraction of sp³-hybridized carbons (Fsp3) is 0.600. The summed E-state index contributed by atoms with van der Waals surface area (Å²) in [7, 11) is 0. The summed E-state index contributed by atoms with van der Waals surface area (Å²) in [5.41, 5.74) is 1.10. The molecule has 1 aromatic rings. The largest absolute Gasteiger partial charge is 0.357 e. The molecule has 0 aromatic carbocycles. The molecule has 1 saturated carbocycles. The van der Waals surface area contributed by atoms with Crippen LogP contribution in [0, 0.1) is 5.92 Å². The number of pyridine rings is 1. The molecule has 1 saturated heterocycles. The Labute approximate surface area is 119 Å². The summed E-state index contributed by atoms with van der Waals surface area (Å²) in [6, 6.07) is 3.96. The first-order valence-electron chi connectivity index (χ1n) is 7.53. The van der Waals surface area contributed by atoms with Crippen molar-refractivity contribution in [1.29, 1.82) is 0 Å². The normalized spacial score (nSPS) is 18.1. The van der Waals surface area contributed by atoms with Crippen molar-refractivity contribution in [2.24, 2.45) is 5.92 Å². The van der Waals surface area contributed by atoms with Gasteiger partial charge in [-0.2, -0.15) is 0 Å². The molecular formula is C15H22N4O. The third-order valence-electron chi connectivity index (χ3n) is 3.94. The number of hydrogen-bond acceptors (Lipinski definition) is 3. The molecule has 0 radical (unpaired) electrons. The molecule has 0 unspecified atom stereocenters. The molecule has 1 aliphatic heterocycles. The average Bonchev–Trinajstić information content (AvgIpc) is 3.14. The zero-order chi connectivity index (χ0) is 13.8. The van der Waals surface area contributed by atoms with Gasteiger partial charge in [-0.05, 0) is 49.3 Å². The molecule has 0 atom stereocenters. The van der Waals surface area contributed by atoms with Crippen LogP contribution in [0.25, 0.3) is 0 Å². The smallest absolute Gasteiger partial charge is 0.315 e. The van der Waals surface area contributed by atoms with Crippen LogP contribution >= 0.6 is 0 Å². The third kappa shape index (κ3) is 3.62. The second kappa shape index (κ2) is 6.11. The van der Waals surface area contributed by atoms with Gasteiger partial charge in [0.1, 0.15) is 5.82 Å². The first kappa shape index (κ1) is 13.2. The molecule has 2 fully saturated rings. The Kier molecular flexibility index (Phi) is 4.04. The van der Waals surface area contributed by atoms with E-state index in [1.165, 1.54) is 25.7 Å². The topological polar surface area (TPSA) is 57.3 Å². The zero-order valence-electron chi connectivity index (χ0n) is 11.8. The Bertz CT molecular complexity index is 467. The number of nitrogens with one attached hydrogen (secondary N) is 2. The van der Waals surface area contributed by atoms with E-state index < -0.39 is 0 Å². The third-order valence-corrected chi connectivity index (χ3v) is 3.94. The minimum absolute atomic E-state index is 0.0727. The number of aromatic nitrogens is 1. The number of nitrogens with zero attached hydrogens (tertiary/aromatic N) is 2. The number of anilines is 1. The lowest BCUT2D eigenvalue weighted by atomic mass is 10.2. The molecular weight excluding hydrogens is 252 g/mol. The molecule has 1 aromatic heterocycles. The fourth-order valence-corrected chi connectivity index (χ4v) is 2.49. The minimum Gasteiger partial charge on any atom is -0.357 e. The van der Waals surface area contributed by atoms with E-state index in [2.05, 4.69) is 26.6 Å². The van der Waals surface area contributed by atoms with Crippen LogP contribution in [0.2, 0.25) is 0 Å². The Morgan fingerprint density at radius 3 is 2.85 bits per heavy atom. The summed E-state index contributed by atoms with van der Waals surface area (Å²) < 4.78 is 0. The van der Waals surface area contributed by atoms with Crippen molar-refractivity contribution in [3.05, 3.63) is 23.9 Å². The van der Waals surface area contributed by atoms with Gasteiger partial charge in [0.05, 0.1) is 0 Å². The predicted octanol–water partition coefficient (Wildman–Crippen LogP) is 1.89. The first-order valence-corrected chi connectivity index (χ1v) is 7.53. The molecule has 5 nitrogen and oxygen atoms in total. The summed E-state index contributed by atoms with van der Waals surface area (Å²) in [5.74, 6) is 1.74. The lowest BCUT2D eigenvalue weighted by Gasteiger charge is -2.17. The first-order chi connectivity index (χ1) is 9.81. The van der Waals surface area contributed by atoms with Crippen molar-refractivity contribution in [3.63, 3.8) is 0 Å². The van der Waals surface area contributed by atoms with Crippen molar-refractivity contribution >= 4 is 11.8 Å². The van der Waals surface area contributed by atoms with Gasteiger partial charge >= 0.3 is 6.03 Å². The Morgan fingerprint density at radius 1 is 1.30 bits per heavy atom. The number of carbonyl (C=O) groups is 1. The molecule has 5 heteroatoms. The molecule has 0 bridgehead atoms. The highest BCUT2D eigenvalue weighted by Crippen LogP contribution is 2.27. The van der Waals surface area contributed by atoms with Crippen molar-refractivity contribution in [1.82, 2.24) is 15.6 Å². The molecule has 1 aliphatic carbocycles. The number of carbonyl (C=O) groups excluding carboxylic acids is 1. The Balaban J connectivity index is 1.48. The monoisotopic (exact) mass is 274 g/mol. The van der Waals surface area contributed by atoms with Gasteiger partial charge in [0.2, 0.25) is 0 Å². The van der Waals surface area contributed by atoms with Gasteiger partial charge in [0.15, 0.2) is 0 Å². The van der Waals surface area contributed by atoms with Gasteiger partial charge in [0.25, 0.3) is 0 Å². The van der Waals surface area contributed by atoms with Crippen molar-refractivity contribution < 1.29 is 4.79 Å². The van der Waals surface area contributed by atoms with Crippen LogP contribution in [0.1, 0.15) is 31.2 Å². The van der Waals surface area contributed by atoms with E-state index in [-0.39, 0.29) is 6.03 Å². The van der Waals surface area contributed by atoms with E-state index in [4.69, 9.17) is 0 Å². The van der Waals surface area contributed by atoms with Crippen LogP contribution in [0.15, 0.2) is 18.3 Å². The molecule has 108 valence electrons. The highest BCUT2D eigenvalue weighted by Gasteiger charge is 2.21. The Hall–Kier alpha value is -1.78. The summed E-state index contributed by atoms with van der Waals surface area (Å²) in [4.78, 5) is 18.4. The maximum absolute atomic E-state index is 11.6. The number of rotatable bonds is 5. The molecule has 2 aliphatic rings. The van der Waals surface area contributed by atoms with E-state index >= 15 is 0 Å². The van der Waals surface area contributed by atoms with E-state index in [0.29, 0.717) is 12.5 Å². The standard InChI is InChI=1S/C15H22N4O/c20-15(17-10-12-3-4-12)18-11-13-5-6-16-14(9-13)19-7-1-2-8-19/h5-6,9,12H,1-4,7-8,10-11H2,(H2,17,18,20). The number of urea groups is 1. The quantitative estimate of drug-likeness (QED) is 0.862. The van der Waals surface area contributed by atoms with Gasteiger partial charge in [-0.15, -0.1) is 0 Å². The van der Waals surface area contributed by atoms with Crippen molar-refractivity contribution in [2.45, 2.75) is 32.2 Å². The van der Waals surface area contributed by atoms with Crippen LogP contribution in [-0.4, -0.2) is 30.6 Å². The van der Waals surface area contributed by atoms with Crippen molar-refractivity contribution in [3.8, 4) is 0 Å². The molecule has 2 N–H and O–H groups in total. The maximum atomic E-state index is 11.6. The number of amides is 2. The SMILES string of the molecule is O=C(NCc1ccnc(N2CCCC2)c1)NCC1CC1. The molecule has 20 heavy (non-hydrogen) atoms. The average molecular weight is 274 g/mol. The van der Waals surface area contributed by atoms with E-state index in [9.17, 15) is 4.79 Å². The summed E-state index contributed by atoms with van der Waals surface area (Å²) in [6.07, 6.45) is 6.82. The predicted molar refractivity (Wildman–Crippen MR) is 78.6 cm³/mol. The van der Waals surface area contributed by atoms with Crippen LogP contribution in [0.3, 0.4) is 0 Å². The van der Waals surface area contributed by atoms with Crippen LogP contribution in [0.5, 0.6) is 0 Å². The summed E-state index contributed by atoms with van der Waals surface area (Å²) in [6.45, 7) is 3.54. The van der Waals surface area contributed by atoms with Gasteiger partial charge in [-0.1, -0.05) is 0 Å². The molecule has 2 heterocycles. The summed E-state index contributed by atoms with van der Waals surface area (Å²) in [5, 5.41) is 5.81. The molecule has 2 amide bonds. The second-order valence-corrected chi connectivity index (χ2v) is 5.72. The summed E-state index contributed by atoms with van der Waals surface area (Å²) >= 11 is 0. The van der Waals surface area contributed by atoms with Gasteiger partial charge in [0, 0.05) is 32.4 Å². The van der Waals surface area contributed by atoms with Crippen LogP contribution < -0.4 is 15.5 Å². The fourth-order valence-electron chi connectivity index (χ4n) is 2.49. The highest BCUT2D eigenvalue weighted by molar-refractivity contribution is 5.73. The van der Waals surface area contributed by atoms with Gasteiger partial charge in [-0.3, -0.25) is 0 Å². The molecule has 0 spiro atoms. The lowest BCUT2D eigenvalue weighted by molar-refractivity contribution is 0.240. The van der Waals surface area contributed by atoms with E-state index in [1.807, 2.05) is 12.3 Å². The highest BCUT2D eigenvalue weighted by atomic mass is 16.2. The van der Waals surface area contributed by atoms with Gasteiger partial charge in [-0.25, -0.2) is 9.78 Å². The lowest BCUT2D eigenvalue weighted by Crippen LogP contribution is -2.36. The zero-order valence-corrected chi connectivity index (χ0v) is 11.8. The van der Waals surface area contributed by atoms with E-state index in [0.717, 1.165) is 31.0 Å². The van der Waals surface area contributed by atoms with E-state index in [1.54, 1.807) is 0 Å². The van der Waals surface area contributed by atoms with Crippen LogP contribution in [-0.2, 0) is 6.54 Å². The number of hydrogen-bond donors (Lipinski definition) is 2.